The average Bonchev–Trinajstić information content (AvgIpc) is 3.44. The fraction of sp³-hybridized carbons (Fsp3) is 0.522. The Hall–Kier alpha value is -2.90. The molecule has 13 heteroatoms. The topological polar surface area (TPSA) is 105 Å². The SMILES string of the molecule is Cn1nc(NCC(=O)NC2CN(C3CCC(O)(c4cncs4)CC3)C2)c2cc(OC(F)(F)F)ccc21. The van der Waals surface area contributed by atoms with Crippen LogP contribution in [0, 0.1) is 0 Å². The molecule has 36 heavy (non-hydrogen) atoms. The van der Waals surface area contributed by atoms with Crippen LogP contribution in [0.2, 0.25) is 0 Å². The van der Waals surface area contributed by atoms with Gasteiger partial charge in [-0.1, -0.05) is 0 Å². The van der Waals surface area contributed by atoms with Gasteiger partial charge in [-0.2, -0.15) is 5.10 Å². The van der Waals surface area contributed by atoms with Crippen molar-refractivity contribution in [1.29, 1.82) is 0 Å². The maximum atomic E-state index is 12.6. The number of thiazole rings is 1. The summed E-state index contributed by atoms with van der Waals surface area (Å²) < 4.78 is 43.2. The number of carbonyl (C=O) groups is 1. The van der Waals surface area contributed by atoms with Crippen molar-refractivity contribution in [3.05, 3.63) is 34.8 Å². The van der Waals surface area contributed by atoms with Gasteiger partial charge in [-0.05, 0) is 43.9 Å². The standard InChI is InChI=1S/C23H27F3N6O3S/c1-31-18-3-2-16(35-23(24,25)26)8-17(18)21(30-31)28-10-20(33)29-14-11-32(12-14)15-4-6-22(34,7-5-15)19-9-27-13-36-19/h2-3,8-9,13-15,34H,4-7,10-12H2,1H3,(H,28,30)(H,29,33). The first kappa shape index (κ1) is 24.8. The monoisotopic (exact) mass is 524 g/mol. The summed E-state index contributed by atoms with van der Waals surface area (Å²) in [7, 11) is 1.67. The summed E-state index contributed by atoms with van der Waals surface area (Å²) >= 11 is 1.49. The molecule has 1 saturated heterocycles. The summed E-state index contributed by atoms with van der Waals surface area (Å²) in [5.74, 6) is -0.260. The number of aryl methyl sites for hydroxylation is 1. The summed E-state index contributed by atoms with van der Waals surface area (Å²) in [5, 5.41) is 21.5. The highest BCUT2D eigenvalue weighted by Crippen LogP contribution is 2.40. The number of benzene rings is 1. The van der Waals surface area contributed by atoms with Crippen molar-refractivity contribution in [2.75, 3.05) is 25.0 Å². The van der Waals surface area contributed by atoms with Crippen LogP contribution in [-0.4, -0.2) is 68.8 Å². The fourth-order valence-electron chi connectivity index (χ4n) is 5.05. The number of hydrogen-bond acceptors (Lipinski definition) is 8. The van der Waals surface area contributed by atoms with E-state index in [1.165, 1.54) is 34.2 Å². The largest absolute Gasteiger partial charge is 0.573 e. The average molecular weight is 525 g/mol. The maximum Gasteiger partial charge on any atom is 0.573 e. The van der Waals surface area contributed by atoms with Crippen LogP contribution < -0.4 is 15.4 Å². The minimum absolute atomic E-state index is 0.0360. The van der Waals surface area contributed by atoms with E-state index in [0.29, 0.717) is 35.6 Å². The molecule has 9 nitrogen and oxygen atoms in total. The van der Waals surface area contributed by atoms with E-state index in [9.17, 15) is 23.1 Å². The molecule has 5 rings (SSSR count). The number of nitrogens with zero attached hydrogens (tertiary/aromatic N) is 4. The van der Waals surface area contributed by atoms with E-state index < -0.39 is 12.0 Å². The predicted molar refractivity (Wildman–Crippen MR) is 128 cm³/mol. The van der Waals surface area contributed by atoms with E-state index in [4.69, 9.17) is 0 Å². The lowest BCUT2D eigenvalue weighted by Gasteiger charge is -2.48. The molecule has 3 heterocycles. The number of ether oxygens (including phenoxy) is 1. The summed E-state index contributed by atoms with van der Waals surface area (Å²) in [6, 6.07) is 4.38. The number of aliphatic hydroxyl groups is 1. The summed E-state index contributed by atoms with van der Waals surface area (Å²) in [6.45, 7) is 1.44. The zero-order valence-corrected chi connectivity index (χ0v) is 20.4. The molecule has 0 spiro atoms. The molecule has 3 N–H and O–H groups in total. The van der Waals surface area contributed by atoms with Gasteiger partial charge in [0.05, 0.1) is 28.5 Å². The van der Waals surface area contributed by atoms with Gasteiger partial charge in [0, 0.05) is 37.8 Å². The zero-order valence-electron chi connectivity index (χ0n) is 19.6. The Morgan fingerprint density at radius 1 is 1.31 bits per heavy atom. The molecule has 1 aromatic carbocycles. The van der Waals surface area contributed by atoms with Crippen molar-refractivity contribution in [2.45, 2.75) is 49.7 Å². The predicted octanol–water partition coefficient (Wildman–Crippen LogP) is 2.97. The van der Waals surface area contributed by atoms with Gasteiger partial charge in [0.15, 0.2) is 5.82 Å². The van der Waals surface area contributed by atoms with Gasteiger partial charge in [-0.15, -0.1) is 24.5 Å². The molecule has 3 aromatic rings. The smallest absolute Gasteiger partial charge is 0.406 e. The third kappa shape index (κ3) is 5.27. The number of rotatable bonds is 7. The van der Waals surface area contributed by atoms with E-state index in [1.807, 2.05) is 0 Å². The Balaban J connectivity index is 1.09. The second kappa shape index (κ2) is 9.52. The number of alkyl halides is 3. The molecule has 194 valence electrons. The molecule has 2 aliphatic rings. The first-order valence-corrected chi connectivity index (χ1v) is 12.6. The number of likely N-dealkylation sites (tertiary alicyclic amines) is 1. The molecular formula is C23H27F3N6O3S. The van der Waals surface area contributed by atoms with Gasteiger partial charge in [-0.25, -0.2) is 0 Å². The van der Waals surface area contributed by atoms with Crippen molar-refractivity contribution in [3.8, 4) is 5.75 Å². The molecule has 0 bridgehead atoms. The summed E-state index contributed by atoms with van der Waals surface area (Å²) in [5.41, 5.74) is 1.57. The van der Waals surface area contributed by atoms with Crippen molar-refractivity contribution < 1.29 is 27.8 Å². The van der Waals surface area contributed by atoms with Gasteiger partial charge >= 0.3 is 6.36 Å². The Bertz CT molecular complexity index is 1220. The Morgan fingerprint density at radius 2 is 2.06 bits per heavy atom. The van der Waals surface area contributed by atoms with Crippen LogP contribution in [0.25, 0.3) is 10.9 Å². The number of aromatic nitrogens is 3. The van der Waals surface area contributed by atoms with E-state index in [1.54, 1.807) is 18.8 Å². The van der Waals surface area contributed by atoms with Crippen LogP contribution in [-0.2, 0) is 17.4 Å². The normalized spacial score (nSPS) is 23.4. The van der Waals surface area contributed by atoms with E-state index in [2.05, 4.69) is 30.4 Å². The van der Waals surface area contributed by atoms with Gasteiger partial charge in [0.2, 0.25) is 5.91 Å². The number of carbonyl (C=O) groups excluding carboxylic acids is 1. The van der Waals surface area contributed by atoms with Crippen molar-refractivity contribution in [2.24, 2.45) is 7.05 Å². The van der Waals surface area contributed by atoms with Crippen LogP contribution >= 0.6 is 11.3 Å². The zero-order chi connectivity index (χ0) is 25.5. The van der Waals surface area contributed by atoms with Gasteiger partial charge in [0.1, 0.15) is 11.4 Å². The van der Waals surface area contributed by atoms with Gasteiger partial charge in [-0.3, -0.25) is 19.4 Å². The number of halogens is 3. The molecule has 0 atom stereocenters. The summed E-state index contributed by atoms with van der Waals surface area (Å²) in [6.07, 6.45) is 0.139. The number of amides is 1. The molecule has 1 aliphatic carbocycles. The van der Waals surface area contributed by atoms with Crippen molar-refractivity contribution >= 4 is 34.0 Å². The van der Waals surface area contributed by atoms with Crippen LogP contribution in [0.5, 0.6) is 5.75 Å². The molecule has 1 aliphatic heterocycles. The lowest BCUT2D eigenvalue weighted by atomic mass is 9.80. The van der Waals surface area contributed by atoms with Crippen molar-refractivity contribution in [1.82, 2.24) is 25.0 Å². The number of fused-ring (bicyclic) bond motifs is 1. The van der Waals surface area contributed by atoms with Crippen molar-refractivity contribution in [3.63, 3.8) is 0 Å². The lowest BCUT2D eigenvalue weighted by molar-refractivity contribution is -0.274. The van der Waals surface area contributed by atoms with Crippen LogP contribution in [0.15, 0.2) is 29.9 Å². The highest BCUT2D eigenvalue weighted by Gasteiger charge is 2.41. The maximum absolute atomic E-state index is 12.6. The number of hydrogen-bond donors (Lipinski definition) is 3. The highest BCUT2D eigenvalue weighted by molar-refractivity contribution is 7.09. The second-order valence-corrected chi connectivity index (χ2v) is 10.3. The molecule has 2 aromatic heterocycles. The minimum atomic E-state index is -4.79. The first-order valence-electron chi connectivity index (χ1n) is 11.7. The number of anilines is 1. The van der Waals surface area contributed by atoms with Crippen LogP contribution in [0.4, 0.5) is 19.0 Å². The van der Waals surface area contributed by atoms with Crippen LogP contribution in [0.1, 0.15) is 30.6 Å². The van der Waals surface area contributed by atoms with E-state index in [-0.39, 0.29) is 24.2 Å². The third-order valence-electron chi connectivity index (χ3n) is 6.94. The van der Waals surface area contributed by atoms with Gasteiger partial charge in [0.25, 0.3) is 0 Å². The first-order chi connectivity index (χ1) is 17.1. The van der Waals surface area contributed by atoms with E-state index >= 15 is 0 Å². The Labute approximate surface area is 209 Å². The molecule has 1 amide bonds. The highest BCUT2D eigenvalue weighted by atomic mass is 32.1. The Morgan fingerprint density at radius 3 is 2.72 bits per heavy atom. The molecule has 0 unspecified atom stereocenters. The minimum Gasteiger partial charge on any atom is -0.406 e. The quantitative estimate of drug-likeness (QED) is 0.437. The second-order valence-electron chi connectivity index (χ2n) is 9.40. The molecule has 2 fully saturated rings. The summed E-state index contributed by atoms with van der Waals surface area (Å²) in [4.78, 5) is 19.8. The molecule has 0 radical (unpaired) electrons. The fourth-order valence-corrected chi connectivity index (χ4v) is 5.84. The Kier molecular flexibility index (Phi) is 6.55. The van der Waals surface area contributed by atoms with Crippen LogP contribution in [0.3, 0.4) is 0 Å². The molecule has 1 saturated carbocycles. The van der Waals surface area contributed by atoms with E-state index in [0.717, 1.165) is 30.8 Å². The number of nitrogens with one attached hydrogen (secondary N) is 2. The lowest BCUT2D eigenvalue weighted by Crippen LogP contribution is -2.63. The van der Waals surface area contributed by atoms with Gasteiger partial charge < -0.3 is 20.5 Å². The molecular weight excluding hydrogens is 497 g/mol. The third-order valence-corrected chi connectivity index (χ3v) is 7.90.